The van der Waals surface area contributed by atoms with E-state index in [1.807, 2.05) is 24.3 Å². The van der Waals surface area contributed by atoms with Gasteiger partial charge < -0.3 is 5.32 Å². The lowest BCUT2D eigenvalue weighted by Gasteiger charge is -2.02. The molecular formula is C11H13NO. The van der Waals surface area contributed by atoms with Crippen LogP contribution < -0.4 is 5.32 Å². The SMILES string of the molecule is C=C1Cc2ccccc2CNC1=O.[HH]. The van der Waals surface area contributed by atoms with E-state index in [4.69, 9.17) is 0 Å². The minimum Gasteiger partial charge on any atom is -0.348 e. The van der Waals surface area contributed by atoms with Gasteiger partial charge in [0.05, 0.1) is 0 Å². The summed E-state index contributed by atoms with van der Waals surface area (Å²) in [6.07, 6.45) is 0.669. The summed E-state index contributed by atoms with van der Waals surface area (Å²) in [7, 11) is 0. The molecule has 68 valence electrons. The number of hydrogen-bond donors (Lipinski definition) is 1. The van der Waals surface area contributed by atoms with Gasteiger partial charge in [0.2, 0.25) is 5.91 Å². The van der Waals surface area contributed by atoms with E-state index in [0.717, 1.165) is 0 Å². The van der Waals surface area contributed by atoms with Crippen molar-refractivity contribution < 1.29 is 6.22 Å². The maximum atomic E-state index is 11.3. The molecule has 0 bridgehead atoms. The monoisotopic (exact) mass is 175 g/mol. The molecule has 1 amide bonds. The van der Waals surface area contributed by atoms with Crippen LogP contribution in [0, 0.1) is 0 Å². The smallest absolute Gasteiger partial charge is 0.247 e. The highest BCUT2D eigenvalue weighted by Crippen LogP contribution is 2.16. The Labute approximate surface area is 78.8 Å². The summed E-state index contributed by atoms with van der Waals surface area (Å²) in [6, 6.07) is 8.05. The summed E-state index contributed by atoms with van der Waals surface area (Å²) >= 11 is 0. The van der Waals surface area contributed by atoms with E-state index in [0.29, 0.717) is 18.5 Å². The van der Waals surface area contributed by atoms with Crippen LogP contribution in [0.5, 0.6) is 0 Å². The van der Waals surface area contributed by atoms with Gasteiger partial charge in [0, 0.05) is 20.0 Å². The van der Waals surface area contributed by atoms with Crippen molar-refractivity contribution in [3.63, 3.8) is 0 Å². The van der Waals surface area contributed by atoms with Crippen molar-refractivity contribution in [3.8, 4) is 0 Å². The number of hydrogen-bond acceptors (Lipinski definition) is 1. The van der Waals surface area contributed by atoms with Crippen LogP contribution in [0.2, 0.25) is 0 Å². The van der Waals surface area contributed by atoms with Gasteiger partial charge in [-0.1, -0.05) is 30.8 Å². The topological polar surface area (TPSA) is 29.1 Å². The molecule has 0 aromatic heterocycles. The van der Waals surface area contributed by atoms with E-state index in [-0.39, 0.29) is 7.33 Å². The van der Waals surface area contributed by atoms with Gasteiger partial charge in [0.1, 0.15) is 0 Å². The minimum atomic E-state index is -0.0313. The third-order valence-corrected chi connectivity index (χ3v) is 2.28. The van der Waals surface area contributed by atoms with Crippen LogP contribution in [0.25, 0.3) is 0 Å². The largest absolute Gasteiger partial charge is 0.348 e. The van der Waals surface area contributed by atoms with E-state index in [9.17, 15) is 4.79 Å². The highest BCUT2D eigenvalue weighted by Gasteiger charge is 2.14. The lowest BCUT2D eigenvalue weighted by Crippen LogP contribution is -2.21. The molecular weight excluding hydrogens is 162 g/mol. The number of carbonyl (C=O) groups is 1. The highest BCUT2D eigenvalue weighted by atomic mass is 16.1. The first-order valence-electron chi connectivity index (χ1n) is 4.30. The summed E-state index contributed by atoms with van der Waals surface area (Å²) in [5.74, 6) is -0.0313. The second-order valence-electron chi connectivity index (χ2n) is 3.23. The first kappa shape index (κ1) is 8.05. The molecule has 0 spiro atoms. The van der Waals surface area contributed by atoms with Crippen molar-refractivity contribution in [2.24, 2.45) is 0 Å². The minimum absolute atomic E-state index is 0. The van der Waals surface area contributed by atoms with Crippen LogP contribution in [0.15, 0.2) is 36.4 Å². The normalized spacial score (nSPS) is 16.0. The fourth-order valence-electron chi connectivity index (χ4n) is 1.51. The Bertz CT molecular complexity index is 373. The predicted octanol–water partition coefficient (Wildman–Crippen LogP) is 1.66. The van der Waals surface area contributed by atoms with Crippen molar-refractivity contribution in [1.82, 2.24) is 5.32 Å². The maximum absolute atomic E-state index is 11.3. The average molecular weight is 175 g/mol. The maximum Gasteiger partial charge on any atom is 0.247 e. The summed E-state index contributed by atoms with van der Waals surface area (Å²) in [6.45, 7) is 4.36. The van der Waals surface area contributed by atoms with Gasteiger partial charge in [-0.15, -0.1) is 0 Å². The Hall–Kier alpha value is -1.57. The zero-order chi connectivity index (χ0) is 9.26. The van der Waals surface area contributed by atoms with Crippen LogP contribution in [0.3, 0.4) is 0 Å². The summed E-state index contributed by atoms with van der Waals surface area (Å²) in [4.78, 5) is 11.3. The number of fused-ring (bicyclic) bond motifs is 1. The Balaban J connectivity index is 0.000000980. The van der Waals surface area contributed by atoms with Crippen LogP contribution in [0.1, 0.15) is 12.6 Å². The molecule has 0 unspecified atom stereocenters. The summed E-state index contributed by atoms with van der Waals surface area (Å²) in [5.41, 5.74) is 3.03. The van der Waals surface area contributed by atoms with Gasteiger partial charge >= 0.3 is 0 Å². The summed E-state index contributed by atoms with van der Waals surface area (Å²) < 4.78 is 0. The Morgan fingerprint density at radius 1 is 1.31 bits per heavy atom. The molecule has 0 atom stereocenters. The molecule has 0 saturated carbocycles. The third-order valence-electron chi connectivity index (χ3n) is 2.28. The van der Waals surface area contributed by atoms with E-state index in [2.05, 4.69) is 11.9 Å². The summed E-state index contributed by atoms with van der Waals surface area (Å²) in [5, 5.41) is 2.81. The Morgan fingerprint density at radius 2 is 2.00 bits per heavy atom. The lowest BCUT2D eigenvalue weighted by atomic mass is 10.0. The second-order valence-corrected chi connectivity index (χ2v) is 3.23. The van der Waals surface area contributed by atoms with E-state index >= 15 is 0 Å². The van der Waals surface area contributed by atoms with Gasteiger partial charge in [-0.05, 0) is 11.1 Å². The van der Waals surface area contributed by atoms with Gasteiger partial charge in [-0.3, -0.25) is 4.79 Å². The van der Waals surface area contributed by atoms with Gasteiger partial charge in [0.15, 0.2) is 0 Å². The van der Waals surface area contributed by atoms with Crippen LogP contribution in [0.4, 0.5) is 0 Å². The fraction of sp³-hybridized carbons (Fsp3) is 0.182. The molecule has 1 aliphatic rings. The van der Waals surface area contributed by atoms with Crippen molar-refractivity contribution in [3.05, 3.63) is 47.5 Å². The molecule has 1 aromatic carbocycles. The number of carbonyl (C=O) groups excluding carboxylic acids is 1. The molecule has 0 saturated heterocycles. The first-order chi connectivity index (χ1) is 6.27. The van der Waals surface area contributed by atoms with Crippen molar-refractivity contribution in [2.45, 2.75) is 13.0 Å². The van der Waals surface area contributed by atoms with Crippen LogP contribution >= 0.6 is 0 Å². The van der Waals surface area contributed by atoms with Crippen LogP contribution in [-0.4, -0.2) is 5.91 Å². The molecule has 1 aliphatic heterocycles. The predicted molar refractivity (Wildman–Crippen MR) is 53.2 cm³/mol. The van der Waals surface area contributed by atoms with E-state index < -0.39 is 0 Å². The standard InChI is InChI=1S/C11H11NO.H2/c1-8-6-9-4-2-3-5-10(9)7-12-11(8)13;/h2-5H,1,6-7H2,(H,12,13);1H. The molecule has 1 heterocycles. The van der Waals surface area contributed by atoms with E-state index in [1.54, 1.807) is 0 Å². The quantitative estimate of drug-likeness (QED) is 0.597. The van der Waals surface area contributed by atoms with Crippen molar-refractivity contribution >= 4 is 5.91 Å². The van der Waals surface area contributed by atoms with Gasteiger partial charge in [-0.2, -0.15) is 0 Å². The molecule has 1 N–H and O–H groups in total. The lowest BCUT2D eigenvalue weighted by molar-refractivity contribution is -0.117. The Kier molecular flexibility index (Phi) is 1.89. The van der Waals surface area contributed by atoms with Crippen molar-refractivity contribution in [2.75, 3.05) is 0 Å². The average Bonchev–Trinajstić information content (AvgIpc) is 2.28. The number of benzene rings is 1. The third kappa shape index (κ3) is 1.47. The fourth-order valence-corrected chi connectivity index (χ4v) is 1.51. The Morgan fingerprint density at radius 3 is 2.77 bits per heavy atom. The zero-order valence-corrected chi connectivity index (χ0v) is 7.34. The number of rotatable bonds is 0. The molecule has 0 fully saturated rings. The number of amides is 1. The molecule has 2 heteroatoms. The first-order valence-corrected chi connectivity index (χ1v) is 4.30. The molecule has 13 heavy (non-hydrogen) atoms. The number of nitrogens with one attached hydrogen (secondary N) is 1. The second kappa shape index (κ2) is 3.05. The zero-order valence-electron chi connectivity index (χ0n) is 7.34. The molecule has 0 radical (unpaired) electrons. The molecule has 2 rings (SSSR count). The van der Waals surface area contributed by atoms with Gasteiger partial charge in [-0.25, -0.2) is 0 Å². The molecule has 2 nitrogen and oxygen atoms in total. The van der Waals surface area contributed by atoms with Gasteiger partial charge in [0.25, 0.3) is 0 Å². The van der Waals surface area contributed by atoms with Crippen molar-refractivity contribution in [1.29, 1.82) is 0 Å². The molecule has 0 aliphatic carbocycles. The highest BCUT2D eigenvalue weighted by molar-refractivity contribution is 5.93. The van der Waals surface area contributed by atoms with Crippen LogP contribution in [-0.2, 0) is 17.8 Å². The van der Waals surface area contributed by atoms with E-state index in [1.165, 1.54) is 11.1 Å². The molecule has 1 aromatic rings.